The third-order valence-corrected chi connectivity index (χ3v) is 3.78. The van der Waals surface area contributed by atoms with Gasteiger partial charge < -0.3 is 10.5 Å². The zero-order chi connectivity index (χ0) is 14.5. The molecule has 1 amide bonds. The van der Waals surface area contributed by atoms with Crippen molar-refractivity contribution in [1.82, 2.24) is 9.03 Å². The zero-order valence-electron chi connectivity index (χ0n) is 10.8. The van der Waals surface area contributed by atoms with E-state index in [1.165, 1.54) is 7.05 Å². The lowest BCUT2D eigenvalue weighted by molar-refractivity contribution is 0.121. The first-order valence-electron chi connectivity index (χ1n) is 5.30. The van der Waals surface area contributed by atoms with E-state index < -0.39 is 22.4 Å². The second kappa shape index (κ2) is 6.86. The van der Waals surface area contributed by atoms with Crippen LogP contribution < -0.4 is 10.5 Å². The van der Waals surface area contributed by atoms with E-state index in [-0.39, 0.29) is 17.5 Å². The highest BCUT2D eigenvalue weighted by molar-refractivity contribution is 7.87. The minimum absolute atomic E-state index is 0.0830. The van der Waals surface area contributed by atoms with Gasteiger partial charge in [0.15, 0.2) is 0 Å². The van der Waals surface area contributed by atoms with Gasteiger partial charge in [-0.2, -0.15) is 12.7 Å². The fourth-order valence-corrected chi connectivity index (χ4v) is 1.90. The average molecular weight is 297 g/mol. The van der Waals surface area contributed by atoms with E-state index in [0.29, 0.717) is 0 Å². The molecule has 18 heavy (non-hydrogen) atoms. The zero-order valence-corrected chi connectivity index (χ0v) is 12.5. The first kappa shape index (κ1) is 17.1. The predicted octanol–water partition coefficient (Wildman–Crippen LogP) is 0.220. The molecule has 9 heteroatoms. The Morgan fingerprint density at radius 2 is 1.94 bits per heavy atom. The number of ether oxygens (including phenoxy) is 1. The molecule has 3 N–H and O–H groups in total. The Morgan fingerprint density at radius 3 is 2.33 bits per heavy atom. The fourth-order valence-electron chi connectivity index (χ4n) is 0.995. The highest BCUT2D eigenvalue weighted by Crippen LogP contribution is 2.03. The molecule has 7 nitrogen and oxygen atoms in total. The van der Waals surface area contributed by atoms with Crippen LogP contribution in [-0.4, -0.2) is 43.5 Å². The maximum absolute atomic E-state index is 11.7. The molecule has 0 aliphatic heterocycles. The number of carbonyl (C=O) groups excluding carboxylic acids is 1. The minimum Gasteiger partial charge on any atom is -0.446 e. The lowest BCUT2D eigenvalue weighted by atomic mass is 10.2. The van der Waals surface area contributed by atoms with E-state index >= 15 is 0 Å². The van der Waals surface area contributed by atoms with Gasteiger partial charge in [0, 0.05) is 19.5 Å². The van der Waals surface area contributed by atoms with Crippen molar-refractivity contribution in [3.8, 4) is 0 Å². The molecule has 0 saturated heterocycles. The quantitative estimate of drug-likeness (QED) is 0.680. The third kappa shape index (κ3) is 6.12. The summed E-state index contributed by atoms with van der Waals surface area (Å²) in [6.07, 6.45) is -1.42. The molecule has 0 spiro atoms. The number of hydrogen-bond donors (Lipinski definition) is 2. The number of hydrogen-bond acceptors (Lipinski definition) is 5. The number of amides is 1. The van der Waals surface area contributed by atoms with Crippen molar-refractivity contribution in [1.29, 1.82) is 0 Å². The van der Waals surface area contributed by atoms with Crippen molar-refractivity contribution in [3.63, 3.8) is 0 Å². The number of rotatable bonds is 6. The largest absolute Gasteiger partial charge is 0.446 e. The van der Waals surface area contributed by atoms with Crippen LogP contribution in [0.4, 0.5) is 4.79 Å². The normalized spacial score (nSPS) is 13.4. The molecule has 1 unspecified atom stereocenters. The third-order valence-electron chi connectivity index (χ3n) is 1.98. The summed E-state index contributed by atoms with van der Waals surface area (Å²) in [5.41, 5.74) is 5.39. The molecule has 0 aromatic rings. The molecule has 0 radical (unpaired) electrons. The van der Waals surface area contributed by atoms with Crippen LogP contribution in [0.2, 0.25) is 0 Å². The molecule has 0 fully saturated rings. The highest BCUT2D eigenvalue weighted by atomic mass is 32.2. The van der Waals surface area contributed by atoms with Gasteiger partial charge in [-0.05, 0) is 13.8 Å². The van der Waals surface area contributed by atoms with E-state index in [9.17, 15) is 13.2 Å². The highest BCUT2D eigenvalue weighted by Gasteiger charge is 2.24. The van der Waals surface area contributed by atoms with Gasteiger partial charge in [-0.15, -0.1) is 0 Å². The number of nitrogens with one attached hydrogen (secondary N) is 1. The number of carbonyl (C=O) groups is 1. The Kier molecular flexibility index (Phi) is 6.50. The van der Waals surface area contributed by atoms with Crippen molar-refractivity contribution < 1.29 is 17.9 Å². The molecule has 0 aliphatic carbocycles. The van der Waals surface area contributed by atoms with Crippen LogP contribution in [0.1, 0.15) is 20.8 Å². The van der Waals surface area contributed by atoms with Crippen LogP contribution in [0.3, 0.4) is 0 Å². The van der Waals surface area contributed by atoms with Gasteiger partial charge in [0.25, 0.3) is 0 Å². The summed E-state index contributed by atoms with van der Waals surface area (Å²) in [5.74, 6) is -0.289. The van der Waals surface area contributed by atoms with E-state index in [0.717, 1.165) is 4.31 Å². The van der Waals surface area contributed by atoms with Gasteiger partial charge in [0.1, 0.15) is 0 Å². The monoisotopic (exact) mass is 297 g/mol. The van der Waals surface area contributed by atoms with Gasteiger partial charge in [-0.25, -0.2) is 9.52 Å². The van der Waals surface area contributed by atoms with Crippen LogP contribution >= 0.6 is 12.2 Å². The van der Waals surface area contributed by atoms with Crippen LogP contribution in [0.15, 0.2) is 0 Å². The summed E-state index contributed by atoms with van der Waals surface area (Å²) in [5, 5.41) is 0. The van der Waals surface area contributed by atoms with E-state index in [4.69, 9.17) is 18.0 Å². The van der Waals surface area contributed by atoms with E-state index in [1.807, 2.05) is 0 Å². The van der Waals surface area contributed by atoms with Gasteiger partial charge in [0.2, 0.25) is 0 Å². The van der Waals surface area contributed by atoms with Crippen molar-refractivity contribution in [2.45, 2.75) is 26.9 Å². The lowest BCUT2D eigenvalue weighted by Gasteiger charge is -2.20. The summed E-state index contributed by atoms with van der Waals surface area (Å²) in [6.45, 7) is 5.01. The summed E-state index contributed by atoms with van der Waals surface area (Å²) in [7, 11) is -2.62. The summed E-state index contributed by atoms with van der Waals surface area (Å²) in [4.78, 5) is 11.4. The van der Waals surface area contributed by atoms with Gasteiger partial charge >= 0.3 is 16.3 Å². The molecule has 0 aliphatic rings. The maximum atomic E-state index is 11.7. The topological polar surface area (TPSA) is 102 Å². The van der Waals surface area contributed by atoms with E-state index in [2.05, 4.69) is 4.74 Å². The van der Waals surface area contributed by atoms with Crippen LogP contribution in [0.5, 0.6) is 0 Å². The van der Waals surface area contributed by atoms with Crippen molar-refractivity contribution in [3.05, 3.63) is 0 Å². The predicted molar refractivity (Wildman–Crippen MR) is 72.3 cm³/mol. The van der Waals surface area contributed by atoms with E-state index in [1.54, 1.807) is 25.5 Å². The van der Waals surface area contributed by atoms with Crippen molar-refractivity contribution in [2.24, 2.45) is 11.7 Å². The molecule has 0 aromatic carbocycles. The standard InChI is InChI=1S/C9H19N3O4S2/c1-6(2)16-9(13)11-18(14,15)12(4)5-7(3)8(10)17/h6-7H,5H2,1-4H3,(H2,10,17)(H,11,13). The van der Waals surface area contributed by atoms with Gasteiger partial charge in [-0.1, -0.05) is 19.1 Å². The number of nitrogens with two attached hydrogens (primary N) is 1. The van der Waals surface area contributed by atoms with Crippen LogP contribution in [-0.2, 0) is 14.9 Å². The minimum atomic E-state index is -3.94. The molecule has 0 saturated carbocycles. The smallest absolute Gasteiger partial charge is 0.422 e. The fraction of sp³-hybridized carbons (Fsp3) is 0.778. The second-order valence-corrected chi connectivity index (χ2v) is 6.39. The molecule has 0 heterocycles. The molecular formula is C9H19N3O4S2. The first-order chi connectivity index (χ1) is 8.06. The molecule has 0 bridgehead atoms. The Bertz CT molecular complexity index is 408. The van der Waals surface area contributed by atoms with Gasteiger partial charge in [0.05, 0.1) is 11.1 Å². The van der Waals surface area contributed by atoms with Crippen molar-refractivity contribution >= 4 is 33.5 Å². The maximum Gasteiger partial charge on any atom is 0.422 e. The molecular weight excluding hydrogens is 278 g/mol. The molecule has 1 atom stereocenters. The Hall–Kier alpha value is -0.930. The lowest BCUT2D eigenvalue weighted by Crippen LogP contribution is -2.45. The first-order valence-corrected chi connectivity index (χ1v) is 7.15. The van der Waals surface area contributed by atoms with Crippen molar-refractivity contribution in [2.75, 3.05) is 13.6 Å². The Morgan fingerprint density at radius 1 is 1.44 bits per heavy atom. The van der Waals surface area contributed by atoms with Crippen LogP contribution in [0, 0.1) is 5.92 Å². The number of thiocarbonyl (C=S) groups is 1. The second-order valence-electron chi connectivity index (χ2n) is 4.15. The summed E-state index contributed by atoms with van der Waals surface area (Å²) < 4.78 is 30.8. The molecule has 0 aromatic heterocycles. The Labute approximate surface area is 113 Å². The molecule has 0 rings (SSSR count). The SMILES string of the molecule is CC(C)OC(=O)NS(=O)(=O)N(C)CC(C)C(N)=S. The Balaban J connectivity index is 4.54. The average Bonchev–Trinajstić information content (AvgIpc) is 2.14. The summed E-state index contributed by atoms with van der Waals surface area (Å²) >= 11 is 4.75. The molecule has 106 valence electrons. The van der Waals surface area contributed by atoms with Gasteiger partial charge in [-0.3, -0.25) is 0 Å². The number of nitrogens with zero attached hydrogens (tertiary/aromatic N) is 1. The van der Waals surface area contributed by atoms with Crippen LogP contribution in [0.25, 0.3) is 0 Å². The summed E-state index contributed by atoms with van der Waals surface area (Å²) in [6, 6.07) is 0.